The molecule has 1 unspecified atom stereocenters. The van der Waals surface area contributed by atoms with E-state index in [1.54, 1.807) is 0 Å². The van der Waals surface area contributed by atoms with Gasteiger partial charge in [0, 0.05) is 13.0 Å². The van der Waals surface area contributed by atoms with Gasteiger partial charge in [-0.05, 0) is 5.56 Å². The normalized spacial score (nSPS) is 18.8. The molecule has 0 bridgehead atoms. The minimum absolute atomic E-state index is 0.0896. The Hall–Kier alpha value is -1.88. The highest BCUT2D eigenvalue weighted by Crippen LogP contribution is 2.08. The maximum absolute atomic E-state index is 11.6. The van der Waals surface area contributed by atoms with E-state index in [2.05, 4.69) is 10.8 Å². The van der Waals surface area contributed by atoms with Crippen molar-refractivity contribution in [2.45, 2.75) is 13.0 Å². The van der Waals surface area contributed by atoms with Crippen molar-refractivity contribution in [3.63, 3.8) is 0 Å². The molecule has 1 aromatic rings. The van der Waals surface area contributed by atoms with E-state index in [9.17, 15) is 9.59 Å². The van der Waals surface area contributed by atoms with E-state index in [-0.39, 0.29) is 24.2 Å². The van der Waals surface area contributed by atoms with Crippen LogP contribution in [0.5, 0.6) is 0 Å². The second kappa shape index (κ2) is 5.45. The monoisotopic (exact) mass is 234 g/mol. The zero-order chi connectivity index (χ0) is 12.1. The fourth-order valence-electron chi connectivity index (χ4n) is 1.64. The lowest BCUT2D eigenvalue weighted by molar-refractivity contribution is -0.138. The third-order valence-corrected chi connectivity index (χ3v) is 2.60. The summed E-state index contributed by atoms with van der Waals surface area (Å²) in [5.74, 6) is -0.661. The van der Waals surface area contributed by atoms with Gasteiger partial charge >= 0.3 is 0 Å². The molecule has 2 rings (SSSR count). The Morgan fingerprint density at radius 2 is 2.18 bits per heavy atom. The van der Waals surface area contributed by atoms with Gasteiger partial charge in [0.2, 0.25) is 11.8 Å². The summed E-state index contributed by atoms with van der Waals surface area (Å²) >= 11 is 0. The predicted molar refractivity (Wildman–Crippen MR) is 60.5 cm³/mol. The number of amides is 2. The Morgan fingerprint density at radius 1 is 1.41 bits per heavy atom. The van der Waals surface area contributed by atoms with Gasteiger partial charge in [0.25, 0.3) is 0 Å². The number of rotatable bonds is 4. The molecule has 1 fully saturated rings. The van der Waals surface area contributed by atoms with Crippen LogP contribution in [0.3, 0.4) is 0 Å². The van der Waals surface area contributed by atoms with Gasteiger partial charge in [-0.1, -0.05) is 30.3 Å². The van der Waals surface area contributed by atoms with Crippen molar-refractivity contribution in [3.8, 4) is 0 Å². The van der Waals surface area contributed by atoms with Crippen molar-refractivity contribution in [2.75, 3.05) is 6.54 Å². The first-order valence-electron chi connectivity index (χ1n) is 5.48. The van der Waals surface area contributed by atoms with Crippen molar-refractivity contribution >= 4 is 11.8 Å². The van der Waals surface area contributed by atoms with Crippen LogP contribution in [0.2, 0.25) is 0 Å². The molecule has 0 saturated carbocycles. The molecule has 1 aromatic carbocycles. The average molecular weight is 234 g/mol. The summed E-state index contributed by atoms with van der Waals surface area (Å²) in [6.07, 6.45) is 0.237. The molecule has 2 N–H and O–H groups in total. The van der Waals surface area contributed by atoms with Crippen LogP contribution in [0, 0.1) is 5.92 Å². The number of nitrogens with one attached hydrogen (secondary N) is 2. The van der Waals surface area contributed by atoms with Crippen LogP contribution < -0.4 is 10.8 Å². The van der Waals surface area contributed by atoms with Crippen molar-refractivity contribution in [3.05, 3.63) is 35.9 Å². The SMILES string of the molecule is O=C1CC(C(=O)NOCc2ccccc2)CN1. The molecule has 2 amide bonds. The summed E-state index contributed by atoms with van der Waals surface area (Å²) in [6, 6.07) is 9.54. The molecule has 0 radical (unpaired) electrons. The van der Waals surface area contributed by atoms with Crippen LogP contribution in [0.25, 0.3) is 0 Å². The van der Waals surface area contributed by atoms with Crippen molar-refractivity contribution < 1.29 is 14.4 Å². The Balaban J connectivity index is 1.72. The zero-order valence-electron chi connectivity index (χ0n) is 9.31. The van der Waals surface area contributed by atoms with E-state index in [0.717, 1.165) is 5.56 Å². The molecule has 5 heteroatoms. The molecule has 1 atom stereocenters. The third kappa shape index (κ3) is 3.29. The first-order valence-corrected chi connectivity index (χ1v) is 5.48. The molecule has 0 aliphatic carbocycles. The molecule has 17 heavy (non-hydrogen) atoms. The van der Waals surface area contributed by atoms with E-state index >= 15 is 0 Å². The summed E-state index contributed by atoms with van der Waals surface area (Å²) in [5, 5.41) is 2.60. The molecular weight excluding hydrogens is 220 g/mol. The van der Waals surface area contributed by atoms with Crippen LogP contribution >= 0.6 is 0 Å². The van der Waals surface area contributed by atoms with Crippen LogP contribution in [0.15, 0.2) is 30.3 Å². The van der Waals surface area contributed by atoms with Crippen molar-refractivity contribution in [1.29, 1.82) is 0 Å². The maximum Gasteiger partial charge on any atom is 0.248 e. The molecule has 1 heterocycles. The maximum atomic E-state index is 11.6. The first-order chi connectivity index (χ1) is 8.25. The standard InChI is InChI=1S/C12H14N2O3/c15-11-6-10(7-13-11)12(16)14-17-8-9-4-2-1-3-5-9/h1-5,10H,6-8H2,(H,13,15)(H,14,16). The fraction of sp³-hybridized carbons (Fsp3) is 0.333. The number of benzene rings is 1. The van der Waals surface area contributed by atoms with Gasteiger partial charge in [-0.2, -0.15) is 0 Å². The van der Waals surface area contributed by atoms with Crippen LogP contribution in [-0.4, -0.2) is 18.4 Å². The molecule has 90 valence electrons. The van der Waals surface area contributed by atoms with E-state index in [1.807, 2.05) is 30.3 Å². The Bertz CT molecular complexity index is 405. The smallest absolute Gasteiger partial charge is 0.248 e. The average Bonchev–Trinajstić information content (AvgIpc) is 2.77. The molecule has 0 spiro atoms. The largest absolute Gasteiger partial charge is 0.355 e. The number of carbonyl (C=O) groups excluding carboxylic acids is 2. The van der Waals surface area contributed by atoms with E-state index in [1.165, 1.54) is 0 Å². The van der Waals surface area contributed by atoms with Gasteiger partial charge < -0.3 is 5.32 Å². The third-order valence-electron chi connectivity index (χ3n) is 2.60. The van der Waals surface area contributed by atoms with Crippen LogP contribution in [-0.2, 0) is 21.0 Å². The number of carbonyl (C=O) groups is 2. The highest BCUT2D eigenvalue weighted by molar-refractivity contribution is 5.88. The van der Waals surface area contributed by atoms with Gasteiger partial charge in [0.15, 0.2) is 0 Å². The van der Waals surface area contributed by atoms with Crippen LogP contribution in [0.1, 0.15) is 12.0 Å². The van der Waals surface area contributed by atoms with Crippen LogP contribution in [0.4, 0.5) is 0 Å². The molecule has 1 aliphatic heterocycles. The Morgan fingerprint density at radius 3 is 2.82 bits per heavy atom. The summed E-state index contributed by atoms with van der Waals surface area (Å²) in [7, 11) is 0. The molecule has 0 aromatic heterocycles. The fourth-order valence-corrected chi connectivity index (χ4v) is 1.64. The first kappa shape index (κ1) is 11.6. The number of hydrogen-bond donors (Lipinski definition) is 2. The van der Waals surface area contributed by atoms with Gasteiger partial charge in [0.05, 0.1) is 12.5 Å². The van der Waals surface area contributed by atoms with Gasteiger partial charge in [-0.15, -0.1) is 0 Å². The quantitative estimate of drug-likeness (QED) is 0.740. The second-order valence-electron chi connectivity index (χ2n) is 3.95. The highest BCUT2D eigenvalue weighted by atomic mass is 16.6. The Kier molecular flexibility index (Phi) is 3.72. The minimum Gasteiger partial charge on any atom is -0.355 e. The highest BCUT2D eigenvalue weighted by Gasteiger charge is 2.27. The number of hydrogen-bond acceptors (Lipinski definition) is 3. The van der Waals surface area contributed by atoms with E-state index < -0.39 is 0 Å². The minimum atomic E-state index is -0.321. The molecular formula is C12H14N2O3. The molecule has 5 nitrogen and oxygen atoms in total. The topological polar surface area (TPSA) is 67.4 Å². The van der Waals surface area contributed by atoms with E-state index in [4.69, 9.17) is 4.84 Å². The van der Waals surface area contributed by atoms with Gasteiger partial charge in [-0.25, -0.2) is 5.48 Å². The predicted octanol–water partition coefficient (Wildman–Crippen LogP) is 0.370. The lowest BCUT2D eigenvalue weighted by Crippen LogP contribution is -2.31. The molecule has 1 saturated heterocycles. The summed E-state index contributed by atoms with van der Waals surface area (Å²) in [6.45, 7) is 0.708. The van der Waals surface area contributed by atoms with Crippen molar-refractivity contribution in [2.24, 2.45) is 5.92 Å². The Labute approximate surface area is 99.1 Å². The zero-order valence-corrected chi connectivity index (χ0v) is 9.31. The van der Waals surface area contributed by atoms with Crippen molar-refractivity contribution in [1.82, 2.24) is 10.8 Å². The lowest BCUT2D eigenvalue weighted by Gasteiger charge is -2.09. The van der Waals surface area contributed by atoms with Gasteiger partial charge in [-0.3, -0.25) is 14.4 Å². The lowest BCUT2D eigenvalue weighted by atomic mass is 10.1. The summed E-state index contributed by atoms with van der Waals surface area (Å²) in [5.41, 5.74) is 3.34. The van der Waals surface area contributed by atoms with Gasteiger partial charge in [0.1, 0.15) is 0 Å². The summed E-state index contributed by atoms with van der Waals surface area (Å²) < 4.78 is 0. The number of hydroxylamine groups is 1. The summed E-state index contributed by atoms with van der Waals surface area (Å²) in [4.78, 5) is 27.6. The molecule has 1 aliphatic rings. The second-order valence-corrected chi connectivity index (χ2v) is 3.95. The van der Waals surface area contributed by atoms with E-state index in [0.29, 0.717) is 13.2 Å².